The summed E-state index contributed by atoms with van der Waals surface area (Å²) in [6, 6.07) is 49.8. The topological polar surface area (TPSA) is 63.6 Å². The van der Waals surface area contributed by atoms with Crippen molar-refractivity contribution >= 4 is 16.9 Å². The second-order valence-electron chi connectivity index (χ2n) is 6.92. The van der Waals surface area contributed by atoms with E-state index < -0.39 is 0 Å². The molecule has 0 aliphatic rings. The van der Waals surface area contributed by atoms with Crippen molar-refractivity contribution in [2.75, 3.05) is 7.11 Å². The molecule has 0 fully saturated rings. The van der Waals surface area contributed by atoms with E-state index >= 15 is 0 Å². The fourth-order valence-electron chi connectivity index (χ4n) is 2.95. The first kappa shape index (κ1) is 75.2. The van der Waals surface area contributed by atoms with E-state index in [1.54, 1.807) is 0 Å². The van der Waals surface area contributed by atoms with Gasteiger partial charge in [0.2, 0.25) is 0 Å². The molecule has 310 valence electrons. The standard InChI is InChI=1S/C13H12.C10H8.C6H6.9C2H6.CH4O2.CO2.Cr/c1-3-7-12(8-4-1)11-13-9-5-2-6-10-13;1-2-6-10-8-4-3-7-9(10)5-1;1-2-4-6-5-3-1;9*1-2;1-3-2;2-1-3;/h1-10H,11H2;1-8H;1-6H;9*1-2H3;2H,1H3;;. The molecule has 0 radical (unpaired) electrons. The summed E-state index contributed by atoms with van der Waals surface area (Å²) in [6.45, 7) is 36.0. The molecule has 0 aliphatic carbocycles. The molecule has 1 N–H and O–H groups in total. The Hall–Kier alpha value is -3.81. The van der Waals surface area contributed by atoms with Gasteiger partial charge in [0.25, 0.3) is 0 Å². The van der Waals surface area contributed by atoms with Gasteiger partial charge in [0.05, 0.1) is 7.11 Å². The van der Waals surface area contributed by atoms with Crippen LogP contribution in [0, 0.1) is 0 Å². The minimum Gasteiger partial charge on any atom is -0.252 e. The Morgan fingerprint density at radius 2 is 0.500 bits per heavy atom. The quantitative estimate of drug-likeness (QED) is 0.143. The summed E-state index contributed by atoms with van der Waals surface area (Å²) in [5.74, 6) is 0. The van der Waals surface area contributed by atoms with E-state index in [-0.39, 0.29) is 23.5 Å². The molecule has 5 rings (SSSR count). The van der Waals surface area contributed by atoms with E-state index in [0.29, 0.717) is 0 Å². The first-order chi connectivity index (χ1) is 26.2. The van der Waals surface area contributed by atoms with E-state index in [4.69, 9.17) is 14.8 Å². The van der Waals surface area contributed by atoms with Crippen LogP contribution in [0.3, 0.4) is 0 Å². The Balaban J connectivity index is -0.0000000532. The molecule has 0 saturated carbocycles. The van der Waals surface area contributed by atoms with Crippen molar-refractivity contribution in [1.29, 1.82) is 0 Å². The third-order valence-electron chi connectivity index (χ3n) is 4.42. The molecule has 0 saturated heterocycles. The van der Waals surface area contributed by atoms with Crippen molar-refractivity contribution in [3.63, 3.8) is 0 Å². The molecule has 0 spiro atoms. The van der Waals surface area contributed by atoms with Crippen molar-refractivity contribution in [3.05, 3.63) is 157 Å². The molecule has 0 heterocycles. The number of rotatable bonds is 2. The van der Waals surface area contributed by atoms with Gasteiger partial charge in [-0.15, -0.1) is 0 Å². The molecular weight excluding hydrogens is 705 g/mol. The largest absolute Gasteiger partial charge is 0.373 e. The fraction of sp³-hybridized carbons (Fsp3) is 0.408. The minimum absolute atomic E-state index is 0. The zero-order valence-electron chi connectivity index (χ0n) is 38.1. The Morgan fingerprint density at radius 1 is 0.370 bits per heavy atom. The van der Waals surface area contributed by atoms with Gasteiger partial charge in [-0.05, 0) is 28.3 Å². The second-order valence-corrected chi connectivity index (χ2v) is 6.92. The van der Waals surface area contributed by atoms with Crippen LogP contribution in [-0.4, -0.2) is 18.5 Å². The molecule has 0 unspecified atom stereocenters. The van der Waals surface area contributed by atoms with Gasteiger partial charge in [-0.25, -0.2) is 4.89 Å². The van der Waals surface area contributed by atoms with Gasteiger partial charge in [0.15, 0.2) is 0 Å². The van der Waals surface area contributed by atoms with E-state index in [0.717, 1.165) is 6.42 Å². The van der Waals surface area contributed by atoms with Crippen LogP contribution in [0.15, 0.2) is 146 Å². The fourth-order valence-corrected chi connectivity index (χ4v) is 2.95. The summed E-state index contributed by atoms with van der Waals surface area (Å²) in [7, 11) is 1.18. The molecule has 5 heteroatoms. The molecule has 5 aromatic carbocycles. The van der Waals surface area contributed by atoms with Crippen molar-refractivity contribution in [3.8, 4) is 0 Å². The van der Waals surface area contributed by atoms with Gasteiger partial charge < -0.3 is 0 Å². The molecule has 0 aliphatic heterocycles. The van der Waals surface area contributed by atoms with Gasteiger partial charge in [-0.1, -0.05) is 270 Å². The van der Waals surface area contributed by atoms with Crippen molar-refractivity contribution in [1.82, 2.24) is 0 Å². The van der Waals surface area contributed by atoms with Gasteiger partial charge in [0.1, 0.15) is 0 Å². The van der Waals surface area contributed by atoms with Crippen molar-refractivity contribution in [2.45, 2.75) is 131 Å². The smallest absolute Gasteiger partial charge is 0.252 e. The second kappa shape index (κ2) is 92.2. The Kier molecular flexibility index (Phi) is 128. The summed E-state index contributed by atoms with van der Waals surface area (Å²) in [6.07, 6.45) is 1.28. The Labute approximate surface area is 347 Å². The van der Waals surface area contributed by atoms with Crippen LogP contribution in [0.5, 0.6) is 0 Å². The number of fused-ring (bicyclic) bond motifs is 1. The van der Waals surface area contributed by atoms with Crippen LogP contribution >= 0.6 is 0 Å². The zero-order valence-corrected chi connectivity index (χ0v) is 39.4. The average Bonchev–Trinajstić information content (AvgIpc) is 3.29. The van der Waals surface area contributed by atoms with Crippen LogP contribution in [-0.2, 0) is 38.3 Å². The predicted octanol–water partition coefficient (Wildman–Crippen LogP) is 16.6. The van der Waals surface area contributed by atoms with E-state index in [1.165, 1.54) is 29.0 Å². The maximum atomic E-state index is 8.12. The molecule has 0 aromatic heterocycles. The van der Waals surface area contributed by atoms with Crippen molar-refractivity contribution in [2.24, 2.45) is 0 Å². The Morgan fingerprint density at radius 3 is 0.667 bits per heavy atom. The van der Waals surface area contributed by atoms with Crippen LogP contribution in [0.4, 0.5) is 0 Å². The molecule has 54 heavy (non-hydrogen) atoms. The van der Waals surface area contributed by atoms with Crippen LogP contribution in [0.1, 0.15) is 136 Å². The third kappa shape index (κ3) is 66.4. The maximum absolute atomic E-state index is 8.12. The van der Waals surface area contributed by atoms with Gasteiger partial charge >= 0.3 is 6.15 Å². The number of hydrogen-bond acceptors (Lipinski definition) is 4. The first-order valence-corrected chi connectivity index (χ1v) is 19.9. The molecule has 4 nitrogen and oxygen atoms in total. The molecule has 0 amide bonds. The molecule has 5 aromatic rings. The molecular formula is C49H84CrO4. The number of benzene rings is 5. The number of hydrogen-bond donors (Lipinski definition) is 1. The summed E-state index contributed by atoms with van der Waals surface area (Å²) >= 11 is 0. The van der Waals surface area contributed by atoms with Crippen LogP contribution < -0.4 is 0 Å². The Bertz CT molecular complexity index is 1050. The van der Waals surface area contributed by atoms with E-state index in [1.807, 2.05) is 161 Å². The first-order valence-electron chi connectivity index (χ1n) is 19.9. The summed E-state index contributed by atoms with van der Waals surface area (Å²) in [4.78, 5) is 19.5. The average molecular weight is 789 g/mol. The van der Waals surface area contributed by atoms with E-state index in [2.05, 4.69) is 114 Å². The summed E-state index contributed by atoms with van der Waals surface area (Å²) < 4.78 is 0. The number of carbonyl (C=O) groups excluding carboxylic acids is 2. The van der Waals surface area contributed by atoms with Gasteiger partial charge in [0, 0.05) is 17.4 Å². The molecule has 0 bridgehead atoms. The third-order valence-corrected chi connectivity index (χ3v) is 4.42. The zero-order chi connectivity index (χ0) is 43.4. The SMILES string of the molecule is CC.CC.CC.CC.CC.CC.CC.CC.CC.COO.O=C=O.[Cr].c1ccc(Cc2ccccc2)cc1.c1ccc2ccccc2c1.c1ccccc1. The van der Waals surface area contributed by atoms with Crippen LogP contribution in [0.25, 0.3) is 10.8 Å². The maximum Gasteiger partial charge on any atom is 0.373 e. The van der Waals surface area contributed by atoms with Gasteiger partial charge in [-0.3, -0.25) is 5.26 Å². The van der Waals surface area contributed by atoms with E-state index in [9.17, 15) is 0 Å². The van der Waals surface area contributed by atoms with Gasteiger partial charge in [-0.2, -0.15) is 9.59 Å². The molecule has 0 atom stereocenters. The van der Waals surface area contributed by atoms with Crippen LogP contribution in [0.2, 0.25) is 0 Å². The minimum atomic E-state index is 0. The summed E-state index contributed by atoms with van der Waals surface area (Å²) in [5.41, 5.74) is 2.74. The predicted molar refractivity (Wildman–Crippen MR) is 243 cm³/mol. The normalized spacial score (nSPS) is 6.59. The monoisotopic (exact) mass is 789 g/mol. The summed E-state index contributed by atoms with van der Waals surface area (Å²) in [5, 5.41) is 9.69. The van der Waals surface area contributed by atoms with Crippen molar-refractivity contribution < 1.29 is 37.1 Å².